The Morgan fingerprint density at radius 1 is 1.21 bits per heavy atom. The van der Waals surface area contributed by atoms with E-state index in [1.165, 1.54) is 0 Å². The largest absolute Gasteiger partial charge is 0.516 e. The Morgan fingerprint density at radius 3 is 2.42 bits per heavy atom. The summed E-state index contributed by atoms with van der Waals surface area (Å²) in [4.78, 5) is 11.6. The van der Waals surface area contributed by atoms with E-state index >= 15 is 0 Å². The van der Waals surface area contributed by atoms with E-state index in [-0.39, 0.29) is 12.0 Å². The summed E-state index contributed by atoms with van der Waals surface area (Å²) < 4.78 is 59.3. The van der Waals surface area contributed by atoms with Crippen molar-refractivity contribution in [2.45, 2.75) is 49.7 Å². The summed E-state index contributed by atoms with van der Waals surface area (Å²) in [6.45, 7) is 0. The van der Waals surface area contributed by atoms with Crippen molar-refractivity contribution in [3.05, 3.63) is 0 Å². The van der Waals surface area contributed by atoms with Crippen molar-refractivity contribution in [3.8, 4) is 0 Å². The highest BCUT2D eigenvalue weighted by atomic mass is 32.2. The zero-order chi connectivity index (χ0) is 14.3. The second-order valence-corrected chi connectivity index (χ2v) is 6.70. The SMILES string of the molecule is O=C(NS(=O)(=O)C(F)(F)F)C1CC2CCCCC2N1. The van der Waals surface area contributed by atoms with Crippen molar-refractivity contribution in [2.24, 2.45) is 5.92 Å². The molecule has 19 heavy (non-hydrogen) atoms. The van der Waals surface area contributed by atoms with Crippen LogP contribution >= 0.6 is 0 Å². The Kier molecular flexibility index (Phi) is 3.78. The maximum atomic E-state index is 12.2. The summed E-state index contributed by atoms with van der Waals surface area (Å²) in [6.07, 6.45) is 4.25. The first-order valence-corrected chi connectivity index (χ1v) is 7.58. The number of alkyl halides is 3. The number of halogens is 3. The highest BCUT2D eigenvalue weighted by Gasteiger charge is 2.48. The second kappa shape index (κ2) is 4.93. The average Bonchev–Trinajstić information content (AvgIpc) is 2.70. The van der Waals surface area contributed by atoms with Crippen molar-refractivity contribution in [2.75, 3.05) is 0 Å². The van der Waals surface area contributed by atoms with Gasteiger partial charge < -0.3 is 5.32 Å². The van der Waals surface area contributed by atoms with Gasteiger partial charge in [0, 0.05) is 6.04 Å². The minimum absolute atomic E-state index is 0.109. The topological polar surface area (TPSA) is 75.3 Å². The number of fused-ring (bicyclic) bond motifs is 1. The Labute approximate surface area is 109 Å². The molecule has 2 rings (SSSR count). The number of hydrogen-bond acceptors (Lipinski definition) is 4. The molecule has 0 aromatic carbocycles. The fraction of sp³-hybridized carbons (Fsp3) is 0.900. The van der Waals surface area contributed by atoms with Gasteiger partial charge in [0.1, 0.15) is 0 Å². The van der Waals surface area contributed by atoms with E-state index in [9.17, 15) is 26.4 Å². The Bertz CT molecular complexity index is 449. The first kappa shape index (κ1) is 14.6. The number of sulfonamides is 1. The van der Waals surface area contributed by atoms with Crippen LogP contribution in [-0.4, -0.2) is 31.9 Å². The summed E-state index contributed by atoms with van der Waals surface area (Å²) in [6, 6.07) is -0.747. The molecule has 2 aliphatic rings. The van der Waals surface area contributed by atoms with Crippen LogP contribution in [0.15, 0.2) is 0 Å². The zero-order valence-corrected chi connectivity index (χ0v) is 10.9. The van der Waals surface area contributed by atoms with Gasteiger partial charge in [-0.25, -0.2) is 4.72 Å². The standard InChI is InChI=1S/C10H15F3N2O3S/c11-10(12,13)19(17,18)15-9(16)8-5-6-3-1-2-4-7(6)14-8/h6-8,14H,1-5H2,(H,15,16). The molecule has 0 spiro atoms. The molecule has 3 unspecified atom stereocenters. The molecule has 5 nitrogen and oxygen atoms in total. The van der Waals surface area contributed by atoms with E-state index in [2.05, 4.69) is 5.32 Å². The fourth-order valence-corrected chi connectivity index (χ4v) is 3.31. The van der Waals surface area contributed by atoms with E-state index < -0.39 is 27.5 Å². The summed E-state index contributed by atoms with van der Waals surface area (Å²) in [7, 11) is -5.61. The van der Waals surface area contributed by atoms with Gasteiger partial charge in [0.05, 0.1) is 6.04 Å². The lowest BCUT2D eigenvalue weighted by atomic mass is 9.85. The number of amides is 1. The predicted octanol–water partition coefficient (Wildman–Crippen LogP) is 0.873. The Hall–Kier alpha value is -0.830. The van der Waals surface area contributed by atoms with Crippen LogP contribution in [0.25, 0.3) is 0 Å². The molecule has 2 N–H and O–H groups in total. The molecule has 3 atom stereocenters. The lowest BCUT2D eigenvalue weighted by Gasteiger charge is -2.24. The number of hydrogen-bond donors (Lipinski definition) is 2. The van der Waals surface area contributed by atoms with Gasteiger partial charge in [0.15, 0.2) is 0 Å². The third-order valence-corrected chi connectivity index (χ3v) is 4.80. The highest BCUT2D eigenvalue weighted by molar-refractivity contribution is 7.90. The third-order valence-electron chi connectivity index (χ3n) is 3.72. The van der Waals surface area contributed by atoms with Crippen LogP contribution in [0.1, 0.15) is 32.1 Å². The molecule has 1 heterocycles. The first-order chi connectivity index (χ1) is 8.71. The van der Waals surface area contributed by atoms with E-state index in [0.717, 1.165) is 30.4 Å². The molecule has 2 fully saturated rings. The fourth-order valence-electron chi connectivity index (χ4n) is 2.78. The molecule has 1 saturated heterocycles. The summed E-state index contributed by atoms with van der Waals surface area (Å²) in [5, 5.41) is 2.92. The smallest absolute Gasteiger partial charge is 0.303 e. The van der Waals surface area contributed by atoms with Gasteiger partial charge in [-0.15, -0.1) is 0 Å². The number of carbonyl (C=O) groups is 1. The molecular weight excluding hydrogens is 285 g/mol. The van der Waals surface area contributed by atoms with Crippen LogP contribution in [0.5, 0.6) is 0 Å². The van der Waals surface area contributed by atoms with Gasteiger partial charge >= 0.3 is 15.5 Å². The number of carbonyl (C=O) groups excluding carboxylic acids is 1. The van der Waals surface area contributed by atoms with Crippen LogP contribution in [-0.2, 0) is 14.8 Å². The zero-order valence-electron chi connectivity index (χ0n) is 10.0. The molecule has 110 valence electrons. The van der Waals surface area contributed by atoms with E-state index in [1.807, 2.05) is 0 Å². The molecule has 0 radical (unpaired) electrons. The summed E-state index contributed by atoms with van der Waals surface area (Å²) in [5.41, 5.74) is -5.46. The molecule has 9 heteroatoms. The summed E-state index contributed by atoms with van der Waals surface area (Å²) in [5.74, 6) is -0.871. The van der Waals surface area contributed by atoms with Crippen LogP contribution in [0.2, 0.25) is 0 Å². The Balaban J connectivity index is 1.99. The van der Waals surface area contributed by atoms with Gasteiger partial charge in [-0.2, -0.15) is 21.6 Å². The lowest BCUT2D eigenvalue weighted by Crippen LogP contribution is -2.48. The molecule has 1 amide bonds. The van der Waals surface area contributed by atoms with Crippen molar-refractivity contribution in [3.63, 3.8) is 0 Å². The third kappa shape index (κ3) is 3.02. The van der Waals surface area contributed by atoms with Gasteiger partial charge in [-0.1, -0.05) is 12.8 Å². The molecule has 0 aromatic rings. The quantitative estimate of drug-likeness (QED) is 0.793. The van der Waals surface area contributed by atoms with E-state index in [0.29, 0.717) is 6.42 Å². The maximum Gasteiger partial charge on any atom is 0.516 e. The van der Waals surface area contributed by atoms with Crippen molar-refractivity contribution >= 4 is 15.9 Å². The van der Waals surface area contributed by atoms with E-state index in [1.54, 1.807) is 0 Å². The normalized spacial score (nSPS) is 31.8. The van der Waals surface area contributed by atoms with Crippen molar-refractivity contribution in [1.29, 1.82) is 0 Å². The lowest BCUT2D eigenvalue weighted by molar-refractivity contribution is -0.121. The monoisotopic (exact) mass is 300 g/mol. The van der Waals surface area contributed by atoms with Gasteiger partial charge in [-0.05, 0) is 25.2 Å². The minimum atomic E-state index is -5.61. The van der Waals surface area contributed by atoms with Gasteiger partial charge in [-0.3, -0.25) is 4.79 Å². The Morgan fingerprint density at radius 2 is 1.84 bits per heavy atom. The average molecular weight is 300 g/mol. The number of rotatable bonds is 2. The molecule has 1 aliphatic heterocycles. The van der Waals surface area contributed by atoms with Crippen LogP contribution in [0.3, 0.4) is 0 Å². The molecule has 1 saturated carbocycles. The van der Waals surface area contributed by atoms with E-state index in [4.69, 9.17) is 0 Å². The molecule has 1 aliphatic carbocycles. The van der Waals surface area contributed by atoms with Crippen LogP contribution in [0, 0.1) is 5.92 Å². The second-order valence-electron chi connectivity index (χ2n) is 5.02. The minimum Gasteiger partial charge on any atom is -0.303 e. The van der Waals surface area contributed by atoms with Crippen molar-refractivity contribution < 1.29 is 26.4 Å². The molecule has 0 bridgehead atoms. The summed E-state index contributed by atoms with van der Waals surface area (Å²) >= 11 is 0. The van der Waals surface area contributed by atoms with Gasteiger partial charge in [0.25, 0.3) is 5.91 Å². The van der Waals surface area contributed by atoms with Crippen molar-refractivity contribution in [1.82, 2.24) is 10.0 Å². The molecule has 0 aromatic heterocycles. The first-order valence-electron chi connectivity index (χ1n) is 6.10. The van der Waals surface area contributed by atoms with Crippen LogP contribution < -0.4 is 10.0 Å². The van der Waals surface area contributed by atoms with Crippen LogP contribution in [0.4, 0.5) is 13.2 Å². The highest BCUT2D eigenvalue weighted by Crippen LogP contribution is 2.33. The maximum absolute atomic E-state index is 12.2. The number of nitrogens with one attached hydrogen (secondary N) is 2. The predicted molar refractivity (Wildman–Crippen MR) is 60.4 cm³/mol. The molecular formula is C10H15F3N2O3S. The van der Waals surface area contributed by atoms with Gasteiger partial charge in [0.2, 0.25) is 0 Å².